The van der Waals surface area contributed by atoms with Gasteiger partial charge in [0.2, 0.25) is 5.89 Å². The van der Waals surface area contributed by atoms with Crippen LogP contribution >= 0.6 is 0 Å². The molecule has 0 fully saturated rings. The molecule has 6 nitrogen and oxygen atoms in total. The lowest BCUT2D eigenvalue weighted by Crippen LogP contribution is -2.15. The van der Waals surface area contributed by atoms with Gasteiger partial charge in [-0.05, 0) is 24.6 Å². The first-order valence-corrected chi connectivity index (χ1v) is 8.32. The summed E-state index contributed by atoms with van der Waals surface area (Å²) < 4.78 is 13.3. The summed E-state index contributed by atoms with van der Waals surface area (Å²) in [5, 5.41) is 4.17. The van der Waals surface area contributed by atoms with Crippen molar-refractivity contribution in [3.63, 3.8) is 0 Å². The van der Waals surface area contributed by atoms with Crippen LogP contribution in [0, 0.1) is 0 Å². The van der Waals surface area contributed by atoms with Gasteiger partial charge < -0.3 is 13.8 Å². The van der Waals surface area contributed by atoms with Crippen LogP contribution in [0.3, 0.4) is 0 Å². The molecule has 0 amide bonds. The lowest BCUT2D eigenvalue weighted by molar-refractivity contribution is 0.256. The maximum Gasteiger partial charge on any atom is 0.234 e. The van der Waals surface area contributed by atoms with Crippen molar-refractivity contribution in [3.05, 3.63) is 72.1 Å². The zero-order chi connectivity index (χ0) is 16.6. The van der Waals surface area contributed by atoms with E-state index in [2.05, 4.69) is 21.2 Å². The van der Waals surface area contributed by atoms with E-state index in [0.717, 1.165) is 28.8 Å². The second-order valence-electron chi connectivity index (χ2n) is 6.14. The lowest BCUT2D eigenvalue weighted by atomic mass is 9.93. The highest BCUT2D eigenvalue weighted by molar-refractivity contribution is 5.74. The van der Waals surface area contributed by atoms with E-state index in [9.17, 15) is 0 Å². The molecular weight excluding hydrogens is 316 g/mol. The van der Waals surface area contributed by atoms with Crippen molar-refractivity contribution in [1.82, 2.24) is 19.7 Å². The first-order chi connectivity index (χ1) is 12.4. The average molecular weight is 332 g/mol. The van der Waals surface area contributed by atoms with Gasteiger partial charge in [0.05, 0.1) is 36.4 Å². The molecule has 0 saturated heterocycles. The Morgan fingerprint density at radius 3 is 2.96 bits per heavy atom. The molecule has 6 heteroatoms. The van der Waals surface area contributed by atoms with E-state index in [4.69, 9.17) is 9.26 Å². The van der Waals surface area contributed by atoms with Crippen molar-refractivity contribution in [2.24, 2.45) is 0 Å². The summed E-state index contributed by atoms with van der Waals surface area (Å²) in [6, 6.07) is 16.0. The van der Waals surface area contributed by atoms with Gasteiger partial charge in [-0.25, -0.2) is 4.98 Å². The van der Waals surface area contributed by atoms with E-state index in [1.54, 1.807) is 0 Å². The number of hydrogen-bond acceptors (Lipinski definition) is 5. The third-order valence-corrected chi connectivity index (χ3v) is 4.58. The van der Waals surface area contributed by atoms with E-state index >= 15 is 0 Å². The first kappa shape index (κ1) is 14.2. The maximum atomic E-state index is 5.71. The second-order valence-corrected chi connectivity index (χ2v) is 6.14. The molecule has 124 valence electrons. The third-order valence-electron chi connectivity index (χ3n) is 4.58. The molecule has 0 bridgehead atoms. The summed E-state index contributed by atoms with van der Waals surface area (Å²) in [4.78, 5) is 9.03. The Kier molecular flexibility index (Phi) is 3.26. The molecule has 0 unspecified atom stereocenters. The summed E-state index contributed by atoms with van der Waals surface area (Å²) in [6.45, 7) is 1.19. The van der Waals surface area contributed by atoms with Gasteiger partial charge in [0.1, 0.15) is 5.75 Å². The number of imidazole rings is 1. The van der Waals surface area contributed by atoms with Crippen molar-refractivity contribution in [1.29, 1.82) is 0 Å². The Balaban J connectivity index is 1.45. The molecule has 1 aliphatic rings. The highest BCUT2D eigenvalue weighted by atomic mass is 16.5. The van der Waals surface area contributed by atoms with E-state index in [0.29, 0.717) is 24.9 Å². The number of hydrogen-bond donors (Lipinski definition) is 0. The highest BCUT2D eigenvalue weighted by Gasteiger charge is 2.27. The molecule has 0 radical (unpaired) electrons. The molecule has 0 N–H and O–H groups in total. The van der Waals surface area contributed by atoms with E-state index in [1.165, 1.54) is 0 Å². The van der Waals surface area contributed by atoms with Crippen LogP contribution in [0.5, 0.6) is 5.75 Å². The van der Waals surface area contributed by atoms with Gasteiger partial charge in [-0.15, -0.1) is 0 Å². The molecule has 3 heterocycles. The van der Waals surface area contributed by atoms with Crippen molar-refractivity contribution >= 4 is 11.0 Å². The average Bonchev–Trinajstić information content (AvgIpc) is 3.29. The van der Waals surface area contributed by atoms with Crippen LogP contribution in [0.1, 0.15) is 29.6 Å². The zero-order valence-electron chi connectivity index (χ0n) is 13.5. The van der Waals surface area contributed by atoms with Crippen LogP contribution in [0.4, 0.5) is 0 Å². The van der Waals surface area contributed by atoms with Crippen LogP contribution in [-0.2, 0) is 6.54 Å². The molecular formula is C19H16N4O2. The van der Waals surface area contributed by atoms with Gasteiger partial charge in [0, 0.05) is 5.56 Å². The van der Waals surface area contributed by atoms with Crippen molar-refractivity contribution < 1.29 is 9.26 Å². The third kappa shape index (κ3) is 2.46. The smallest absolute Gasteiger partial charge is 0.234 e. The monoisotopic (exact) mass is 332 g/mol. The van der Waals surface area contributed by atoms with Gasteiger partial charge in [-0.3, -0.25) is 0 Å². The Bertz CT molecular complexity index is 1040. The number of benzene rings is 2. The molecule has 2 aromatic heterocycles. The summed E-state index contributed by atoms with van der Waals surface area (Å²) >= 11 is 0. The van der Waals surface area contributed by atoms with Gasteiger partial charge in [-0.1, -0.05) is 35.5 Å². The highest BCUT2D eigenvalue weighted by Crippen LogP contribution is 2.37. The Morgan fingerprint density at radius 2 is 1.96 bits per heavy atom. The fourth-order valence-electron chi connectivity index (χ4n) is 3.36. The summed E-state index contributed by atoms with van der Waals surface area (Å²) in [5.41, 5.74) is 3.13. The van der Waals surface area contributed by atoms with Crippen molar-refractivity contribution in [2.45, 2.75) is 18.9 Å². The number of aromatic nitrogens is 4. The number of fused-ring (bicyclic) bond motifs is 2. The van der Waals surface area contributed by atoms with Crippen LogP contribution in [-0.4, -0.2) is 26.3 Å². The fourth-order valence-corrected chi connectivity index (χ4v) is 3.36. The SMILES string of the molecule is c1ccc2c(c1)OCC[C@H]2c1nc(Cn2cnc3ccccc32)no1. The Labute approximate surface area is 144 Å². The quantitative estimate of drug-likeness (QED) is 0.575. The van der Waals surface area contributed by atoms with Crippen molar-refractivity contribution in [3.8, 4) is 5.75 Å². The zero-order valence-corrected chi connectivity index (χ0v) is 13.5. The minimum atomic E-state index is 0.0886. The largest absolute Gasteiger partial charge is 0.493 e. The predicted molar refractivity (Wildman–Crippen MR) is 91.5 cm³/mol. The fraction of sp³-hybridized carbons (Fsp3) is 0.211. The Hall–Kier alpha value is -3.15. The summed E-state index contributed by atoms with van der Waals surface area (Å²) in [5.74, 6) is 2.29. The molecule has 1 atom stereocenters. The van der Waals surface area contributed by atoms with E-state index in [-0.39, 0.29) is 5.92 Å². The first-order valence-electron chi connectivity index (χ1n) is 8.32. The number of rotatable bonds is 3. The molecule has 25 heavy (non-hydrogen) atoms. The Morgan fingerprint density at radius 1 is 1.08 bits per heavy atom. The van der Waals surface area contributed by atoms with Gasteiger partial charge in [0.15, 0.2) is 5.82 Å². The lowest BCUT2D eigenvalue weighted by Gasteiger charge is -2.22. The molecule has 1 aliphatic heterocycles. The normalized spacial score (nSPS) is 16.6. The summed E-state index contributed by atoms with van der Waals surface area (Å²) in [6.07, 6.45) is 2.65. The number of nitrogens with zero attached hydrogens (tertiary/aromatic N) is 4. The van der Waals surface area contributed by atoms with Gasteiger partial charge in [-0.2, -0.15) is 4.98 Å². The van der Waals surface area contributed by atoms with Crippen LogP contribution in [0.15, 0.2) is 59.4 Å². The van der Waals surface area contributed by atoms with E-state index in [1.807, 2.05) is 53.4 Å². The van der Waals surface area contributed by atoms with Crippen LogP contribution in [0.25, 0.3) is 11.0 Å². The molecule has 4 aromatic rings. The predicted octanol–water partition coefficient (Wildman–Crippen LogP) is 3.38. The molecule has 0 aliphatic carbocycles. The number of para-hydroxylation sites is 3. The minimum Gasteiger partial charge on any atom is -0.493 e. The van der Waals surface area contributed by atoms with Crippen LogP contribution < -0.4 is 4.74 Å². The molecule has 0 saturated carbocycles. The van der Waals surface area contributed by atoms with E-state index < -0.39 is 0 Å². The minimum absolute atomic E-state index is 0.0886. The second kappa shape index (κ2) is 5.73. The molecule has 2 aromatic carbocycles. The standard InChI is InChI=1S/C19H16N4O2/c1-4-8-17-13(5-1)14(9-10-24-17)19-21-18(22-25-19)11-23-12-20-15-6-2-3-7-16(15)23/h1-8,12,14H,9-11H2/t14-/m1/s1. The summed E-state index contributed by atoms with van der Waals surface area (Å²) in [7, 11) is 0. The number of ether oxygens (including phenoxy) is 1. The maximum absolute atomic E-state index is 5.71. The molecule has 5 rings (SSSR count). The van der Waals surface area contributed by atoms with Crippen LogP contribution in [0.2, 0.25) is 0 Å². The van der Waals surface area contributed by atoms with Crippen molar-refractivity contribution in [2.75, 3.05) is 6.61 Å². The molecule has 0 spiro atoms. The topological polar surface area (TPSA) is 66.0 Å². The van der Waals surface area contributed by atoms with Gasteiger partial charge in [0.25, 0.3) is 0 Å². The van der Waals surface area contributed by atoms with Gasteiger partial charge >= 0.3 is 0 Å².